The predicted octanol–water partition coefficient (Wildman–Crippen LogP) is 4.56. The molecule has 2 heterocycles. The fourth-order valence-corrected chi connectivity index (χ4v) is 2.73. The molecular formula is C22H22F3N5O3. The van der Waals surface area contributed by atoms with Crippen LogP contribution in [0.1, 0.15) is 42.4 Å². The number of aromatic nitrogens is 3. The second-order valence-electron chi connectivity index (χ2n) is 8.06. The highest BCUT2D eigenvalue weighted by Gasteiger charge is 2.30. The van der Waals surface area contributed by atoms with E-state index in [-0.39, 0.29) is 23.7 Å². The fourth-order valence-electron chi connectivity index (χ4n) is 2.73. The Labute approximate surface area is 187 Å². The Morgan fingerprint density at radius 1 is 1.09 bits per heavy atom. The van der Waals surface area contributed by atoms with E-state index in [9.17, 15) is 22.8 Å². The van der Waals surface area contributed by atoms with Crippen molar-refractivity contribution in [1.29, 1.82) is 0 Å². The Bertz CT molecular complexity index is 1150. The minimum atomic E-state index is -4.46. The Morgan fingerprint density at radius 3 is 2.52 bits per heavy atom. The molecule has 33 heavy (non-hydrogen) atoms. The summed E-state index contributed by atoms with van der Waals surface area (Å²) in [6.45, 7) is 5.24. The summed E-state index contributed by atoms with van der Waals surface area (Å²) in [5.74, 6) is -0.357. The number of ether oxygens (including phenoxy) is 1. The lowest BCUT2D eigenvalue weighted by Crippen LogP contribution is -2.28. The van der Waals surface area contributed by atoms with Gasteiger partial charge in [-0.3, -0.25) is 10.1 Å². The van der Waals surface area contributed by atoms with Crippen molar-refractivity contribution in [3.05, 3.63) is 71.7 Å². The molecule has 3 rings (SSSR count). The van der Waals surface area contributed by atoms with Gasteiger partial charge in [0.15, 0.2) is 0 Å². The number of anilines is 1. The lowest BCUT2D eigenvalue weighted by atomic mass is 10.2. The first-order valence-electron chi connectivity index (χ1n) is 9.87. The maximum absolute atomic E-state index is 12.9. The third kappa shape index (κ3) is 6.79. The molecule has 0 atom stereocenters. The Hall–Kier alpha value is -3.89. The third-order valence-electron chi connectivity index (χ3n) is 4.14. The number of carbonyl (C=O) groups is 2. The molecule has 0 aliphatic heterocycles. The first-order chi connectivity index (χ1) is 15.4. The van der Waals surface area contributed by atoms with Gasteiger partial charge in [0.1, 0.15) is 17.1 Å². The molecule has 11 heteroatoms. The quantitative estimate of drug-likeness (QED) is 0.580. The van der Waals surface area contributed by atoms with E-state index in [0.29, 0.717) is 5.56 Å². The maximum atomic E-state index is 12.9. The molecule has 174 valence electrons. The fraction of sp³-hybridized carbons (Fsp3) is 0.273. The zero-order chi connectivity index (χ0) is 24.2. The van der Waals surface area contributed by atoms with Gasteiger partial charge >= 0.3 is 12.3 Å². The molecule has 2 N–H and O–H groups in total. The molecule has 0 fully saturated rings. The molecule has 0 bridgehead atoms. The van der Waals surface area contributed by atoms with E-state index in [4.69, 9.17) is 4.74 Å². The predicted molar refractivity (Wildman–Crippen MR) is 114 cm³/mol. The van der Waals surface area contributed by atoms with Gasteiger partial charge in [0.2, 0.25) is 0 Å². The summed E-state index contributed by atoms with van der Waals surface area (Å²) in [5, 5.41) is 9.17. The van der Waals surface area contributed by atoms with Gasteiger partial charge < -0.3 is 10.1 Å². The van der Waals surface area contributed by atoms with Crippen LogP contribution in [0.3, 0.4) is 0 Å². The average molecular weight is 461 g/mol. The van der Waals surface area contributed by atoms with E-state index >= 15 is 0 Å². The minimum Gasteiger partial charge on any atom is -0.444 e. The summed E-state index contributed by atoms with van der Waals surface area (Å²) >= 11 is 0. The van der Waals surface area contributed by atoms with Crippen LogP contribution in [0.15, 0.2) is 54.9 Å². The Morgan fingerprint density at radius 2 is 1.82 bits per heavy atom. The molecule has 2 amide bonds. The largest absolute Gasteiger partial charge is 0.444 e. The molecule has 0 spiro atoms. The van der Waals surface area contributed by atoms with E-state index in [0.717, 1.165) is 12.1 Å². The topological polar surface area (TPSA) is 98.1 Å². The molecule has 0 aliphatic carbocycles. The number of nitrogens with one attached hydrogen (secondary N) is 2. The third-order valence-corrected chi connectivity index (χ3v) is 4.14. The van der Waals surface area contributed by atoms with Crippen LogP contribution in [0.5, 0.6) is 0 Å². The Balaban J connectivity index is 1.62. The summed E-state index contributed by atoms with van der Waals surface area (Å²) in [4.78, 5) is 28.4. The zero-order valence-electron chi connectivity index (χ0n) is 18.1. The number of rotatable bonds is 5. The molecule has 2 aromatic heterocycles. The van der Waals surface area contributed by atoms with Crippen molar-refractivity contribution in [2.75, 3.05) is 5.32 Å². The van der Waals surface area contributed by atoms with Crippen molar-refractivity contribution in [3.63, 3.8) is 0 Å². The van der Waals surface area contributed by atoms with E-state index in [1.54, 1.807) is 26.8 Å². The number of carbonyl (C=O) groups excluding carboxylic acids is 2. The van der Waals surface area contributed by atoms with Crippen molar-refractivity contribution >= 4 is 17.8 Å². The van der Waals surface area contributed by atoms with Crippen LogP contribution >= 0.6 is 0 Å². The van der Waals surface area contributed by atoms with Crippen LogP contribution < -0.4 is 10.6 Å². The lowest BCUT2D eigenvalue weighted by Gasteiger charge is -2.19. The number of amides is 2. The monoisotopic (exact) mass is 461 g/mol. The summed E-state index contributed by atoms with van der Waals surface area (Å²) in [5.41, 5.74) is -0.587. The summed E-state index contributed by atoms with van der Waals surface area (Å²) < 4.78 is 45.2. The van der Waals surface area contributed by atoms with Crippen molar-refractivity contribution in [3.8, 4) is 5.69 Å². The van der Waals surface area contributed by atoms with Gasteiger partial charge in [0.05, 0.1) is 17.4 Å². The van der Waals surface area contributed by atoms with Gasteiger partial charge in [0.25, 0.3) is 5.91 Å². The van der Waals surface area contributed by atoms with Gasteiger partial charge in [-0.2, -0.15) is 18.3 Å². The highest BCUT2D eigenvalue weighted by molar-refractivity contribution is 5.93. The van der Waals surface area contributed by atoms with Crippen molar-refractivity contribution in [1.82, 2.24) is 20.1 Å². The smallest absolute Gasteiger partial charge is 0.416 e. The van der Waals surface area contributed by atoms with E-state index in [1.165, 1.54) is 41.3 Å². The maximum Gasteiger partial charge on any atom is 0.416 e. The SMILES string of the molecule is CC(C)(C)OC(=O)Nc1cccc(C(=O)NCc2cnn(-c3cccc(C(F)(F)F)c3)c2)n1. The summed E-state index contributed by atoms with van der Waals surface area (Å²) in [7, 11) is 0. The molecule has 0 radical (unpaired) electrons. The van der Waals surface area contributed by atoms with Gasteiger partial charge in [0, 0.05) is 18.3 Å². The highest BCUT2D eigenvalue weighted by Crippen LogP contribution is 2.30. The number of halogens is 3. The average Bonchev–Trinajstić information content (AvgIpc) is 3.19. The number of nitrogens with zero attached hydrogens (tertiary/aromatic N) is 3. The molecular weight excluding hydrogens is 439 g/mol. The van der Waals surface area contributed by atoms with Crippen molar-refractivity contribution in [2.45, 2.75) is 39.1 Å². The van der Waals surface area contributed by atoms with Crippen LogP contribution in [0.4, 0.5) is 23.8 Å². The first-order valence-corrected chi connectivity index (χ1v) is 9.87. The van der Waals surface area contributed by atoms with Gasteiger partial charge in [-0.25, -0.2) is 14.5 Å². The zero-order valence-corrected chi connectivity index (χ0v) is 18.1. The normalized spacial score (nSPS) is 11.7. The minimum absolute atomic E-state index is 0.0637. The van der Waals surface area contributed by atoms with Gasteiger partial charge in [-0.1, -0.05) is 12.1 Å². The van der Waals surface area contributed by atoms with Crippen LogP contribution in [0, 0.1) is 0 Å². The van der Waals surface area contributed by atoms with Crippen LogP contribution in [-0.4, -0.2) is 32.4 Å². The summed E-state index contributed by atoms with van der Waals surface area (Å²) in [6.07, 6.45) is -2.20. The lowest BCUT2D eigenvalue weighted by molar-refractivity contribution is -0.137. The van der Waals surface area contributed by atoms with Crippen molar-refractivity contribution in [2.24, 2.45) is 0 Å². The van der Waals surface area contributed by atoms with Crippen LogP contribution in [0.25, 0.3) is 5.69 Å². The van der Waals surface area contributed by atoms with Gasteiger partial charge in [-0.05, 0) is 51.1 Å². The number of benzene rings is 1. The number of hydrogen-bond donors (Lipinski definition) is 2. The van der Waals surface area contributed by atoms with Crippen LogP contribution in [-0.2, 0) is 17.5 Å². The Kier molecular flexibility index (Phi) is 6.70. The summed E-state index contributed by atoms with van der Waals surface area (Å²) in [6, 6.07) is 9.31. The van der Waals surface area contributed by atoms with E-state index in [1.807, 2.05) is 0 Å². The van der Waals surface area contributed by atoms with E-state index < -0.39 is 29.3 Å². The molecule has 8 nitrogen and oxygen atoms in total. The molecule has 1 aromatic carbocycles. The molecule has 0 unspecified atom stereocenters. The van der Waals surface area contributed by atoms with Crippen LogP contribution in [0.2, 0.25) is 0 Å². The standard InChI is InChI=1S/C22H22F3N5O3/c1-21(2,3)33-20(32)29-18-9-5-8-17(28-18)19(31)26-11-14-12-27-30(13-14)16-7-4-6-15(10-16)22(23,24)25/h4-10,12-13H,11H2,1-3H3,(H,26,31)(H,28,29,32). The second-order valence-corrected chi connectivity index (χ2v) is 8.06. The van der Waals surface area contributed by atoms with Crippen molar-refractivity contribution < 1.29 is 27.5 Å². The number of alkyl halides is 3. The molecule has 0 saturated heterocycles. The first kappa shape index (κ1) is 23.8. The molecule has 3 aromatic rings. The van der Waals surface area contributed by atoms with E-state index in [2.05, 4.69) is 20.7 Å². The number of pyridine rings is 1. The second kappa shape index (κ2) is 9.31. The molecule has 0 aliphatic rings. The highest BCUT2D eigenvalue weighted by atomic mass is 19.4. The van der Waals surface area contributed by atoms with Gasteiger partial charge in [-0.15, -0.1) is 0 Å². The molecule has 0 saturated carbocycles. The number of hydrogen-bond acceptors (Lipinski definition) is 5.